The maximum atomic E-state index is 3.56. The van der Waals surface area contributed by atoms with Gasteiger partial charge < -0.3 is 0 Å². The van der Waals surface area contributed by atoms with Gasteiger partial charge in [-0.3, -0.25) is 0 Å². The summed E-state index contributed by atoms with van der Waals surface area (Å²) >= 11 is 5.89. The zero-order chi connectivity index (χ0) is 11.7. The molecule has 2 heteroatoms. The second kappa shape index (κ2) is 4.88. The van der Waals surface area contributed by atoms with E-state index in [9.17, 15) is 0 Å². The summed E-state index contributed by atoms with van der Waals surface area (Å²) in [5, 5.41) is 0. The van der Waals surface area contributed by atoms with E-state index in [0.717, 1.165) is 0 Å². The highest BCUT2D eigenvalue weighted by atomic mass is 127. The van der Waals surface area contributed by atoms with Crippen molar-refractivity contribution in [1.29, 1.82) is 0 Å². The predicted molar refractivity (Wildman–Crippen MR) is 81.8 cm³/mol. The molecule has 0 aromatic heterocycles. The van der Waals surface area contributed by atoms with Crippen molar-refractivity contribution < 1.29 is 0 Å². The maximum Gasteiger partial charge on any atom is 0.0207 e. The molecule has 0 aliphatic heterocycles. The average molecular weight is 387 g/mol. The van der Waals surface area contributed by atoms with Crippen molar-refractivity contribution in [3.63, 3.8) is 0 Å². The fourth-order valence-corrected chi connectivity index (χ4v) is 2.54. The molecule has 0 spiro atoms. The number of rotatable bonds is 1. The van der Waals surface area contributed by atoms with Crippen LogP contribution in [0.2, 0.25) is 0 Å². The monoisotopic (exact) mass is 386 g/mol. The van der Waals surface area contributed by atoms with Crippen LogP contribution in [-0.2, 0) is 0 Å². The van der Waals surface area contributed by atoms with Gasteiger partial charge in [0.2, 0.25) is 0 Å². The third kappa shape index (κ3) is 2.48. The van der Waals surface area contributed by atoms with Crippen LogP contribution in [0, 0.1) is 17.4 Å². The molecule has 0 atom stereocenters. The molecule has 0 radical (unpaired) electrons. The maximum absolute atomic E-state index is 3.56. The molecule has 0 aliphatic carbocycles. The van der Waals surface area contributed by atoms with Gasteiger partial charge >= 0.3 is 0 Å². The Morgan fingerprint density at radius 2 is 1.56 bits per heavy atom. The molecule has 2 rings (SSSR count). The van der Waals surface area contributed by atoms with Gasteiger partial charge in [-0.2, -0.15) is 0 Å². The van der Waals surface area contributed by atoms with E-state index in [1.807, 2.05) is 0 Å². The lowest BCUT2D eigenvalue weighted by atomic mass is 9.99. The van der Waals surface area contributed by atoms with Crippen LogP contribution in [0.1, 0.15) is 11.1 Å². The SMILES string of the molecule is Cc1cc(-c2ccc(I)cc2)c(C)cc1Br. The summed E-state index contributed by atoms with van der Waals surface area (Å²) in [7, 11) is 0. The second-order valence-electron chi connectivity index (χ2n) is 3.92. The molecule has 2 aromatic carbocycles. The topological polar surface area (TPSA) is 0 Å². The van der Waals surface area contributed by atoms with Gasteiger partial charge in [0.1, 0.15) is 0 Å². The number of halogens is 2. The Labute approximate surface area is 118 Å². The highest BCUT2D eigenvalue weighted by Gasteiger charge is 2.04. The lowest BCUT2D eigenvalue weighted by Gasteiger charge is -2.09. The molecule has 0 saturated heterocycles. The first-order chi connectivity index (χ1) is 7.58. The van der Waals surface area contributed by atoms with Gasteiger partial charge in [0.05, 0.1) is 0 Å². The molecule has 0 aliphatic rings. The van der Waals surface area contributed by atoms with Crippen LogP contribution in [0.5, 0.6) is 0 Å². The number of hydrogen-bond donors (Lipinski definition) is 0. The van der Waals surface area contributed by atoms with Crippen LogP contribution in [0.15, 0.2) is 40.9 Å². The molecule has 2 aromatic rings. The molecule has 0 unspecified atom stereocenters. The summed E-state index contributed by atoms with van der Waals surface area (Å²) in [5.41, 5.74) is 5.18. The molecular formula is C14H12BrI. The number of aryl methyl sites for hydroxylation is 2. The molecule has 82 valence electrons. The normalized spacial score (nSPS) is 10.5. The molecule has 16 heavy (non-hydrogen) atoms. The zero-order valence-corrected chi connectivity index (χ0v) is 13.0. The standard InChI is InChI=1S/C14H12BrI/c1-9-8-14(15)10(2)7-13(9)11-3-5-12(16)6-4-11/h3-8H,1-2H3. The highest BCUT2D eigenvalue weighted by molar-refractivity contribution is 14.1. The van der Waals surface area contributed by atoms with E-state index in [-0.39, 0.29) is 0 Å². The van der Waals surface area contributed by atoms with E-state index in [0.29, 0.717) is 0 Å². The number of benzene rings is 2. The van der Waals surface area contributed by atoms with Gasteiger partial charge in [0, 0.05) is 8.04 Å². The lowest BCUT2D eigenvalue weighted by molar-refractivity contribution is 1.36. The van der Waals surface area contributed by atoms with E-state index < -0.39 is 0 Å². The Balaban J connectivity index is 2.56. The van der Waals surface area contributed by atoms with Crippen LogP contribution < -0.4 is 0 Å². The van der Waals surface area contributed by atoms with E-state index in [1.54, 1.807) is 0 Å². The van der Waals surface area contributed by atoms with Crippen molar-refractivity contribution in [1.82, 2.24) is 0 Å². The van der Waals surface area contributed by atoms with Gasteiger partial charge in [-0.05, 0) is 76.9 Å². The summed E-state index contributed by atoms with van der Waals surface area (Å²) in [4.78, 5) is 0. The Bertz CT molecular complexity index is 515. The summed E-state index contributed by atoms with van der Waals surface area (Å²) in [6.45, 7) is 4.28. The summed E-state index contributed by atoms with van der Waals surface area (Å²) in [6.07, 6.45) is 0. The molecule has 0 fully saturated rings. The third-order valence-corrected chi connectivity index (χ3v) is 4.23. The predicted octanol–water partition coefficient (Wildman–Crippen LogP) is 5.34. The largest absolute Gasteiger partial charge is 0.0533 e. The second-order valence-corrected chi connectivity index (χ2v) is 6.02. The third-order valence-electron chi connectivity index (χ3n) is 2.66. The molecule has 0 amide bonds. The smallest absolute Gasteiger partial charge is 0.0207 e. The average Bonchev–Trinajstić information content (AvgIpc) is 2.25. The first-order valence-corrected chi connectivity index (χ1v) is 6.98. The van der Waals surface area contributed by atoms with Crippen molar-refractivity contribution in [3.05, 3.63) is 55.6 Å². The van der Waals surface area contributed by atoms with Crippen molar-refractivity contribution in [3.8, 4) is 11.1 Å². The van der Waals surface area contributed by atoms with E-state index in [4.69, 9.17) is 0 Å². The Morgan fingerprint density at radius 1 is 0.938 bits per heavy atom. The molecule has 0 N–H and O–H groups in total. The van der Waals surface area contributed by atoms with Crippen LogP contribution in [0.25, 0.3) is 11.1 Å². The first kappa shape index (κ1) is 12.1. The molecule has 0 bridgehead atoms. The van der Waals surface area contributed by atoms with E-state index in [1.165, 1.54) is 30.3 Å². The molecule has 0 saturated carbocycles. The van der Waals surface area contributed by atoms with E-state index in [2.05, 4.69) is 88.8 Å². The van der Waals surface area contributed by atoms with Gasteiger partial charge in [0.25, 0.3) is 0 Å². The fourth-order valence-electron chi connectivity index (χ4n) is 1.72. The van der Waals surface area contributed by atoms with Crippen molar-refractivity contribution >= 4 is 38.5 Å². The van der Waals surface area contributed by atoms with Crippen LogP contribution in [-0.4, -0.2) is 0 Å². The quantitative estimate of drug-likeness (QED) is 0.580. The molecular weight excluding hydrogens is 375 g/mol. The zero-order valence-electron chi connectivity index (χ0n) is 9.22. The Hall–Kier alpha value is -0.350. The summed E-state index contributed by atoms with van der Waals surface area (Å²) in [5.74, 6) is 0. The van der Waals surface area contributed by atoms with Gasteiger partial charge in [-0.15, -0.1) is 0 Å². The van der Waals surface area contributed by atoms with Crippen molar-refractivity contribution in [2.24, 2.45) is 0 Å². The fraction of sp³-hybridized carbons (Fsp3) is 0.143. The minimum Gasteiger partial charge on any atom is -0.0533 e. The number of hydrogen-bond acceptors (Lipinski definition) is 0. The summed E-state index contributed by atoms with van der Waals surface area (Å²) in [6, 6.07) is 13.1. The van der Waals surface area contributed by atoms with Crippen LogP contribution in [0.4, 0.5) is 0 Å². The Kier molecular flexibility index (Phi) is 3.70. The van der Waals surface area contributed by atoms with Crippen molar-refractivity contribution in [2.75, 3.05) is 0 Å². The van der Waals surface area contributed by atoms with E-state index >= 15 is 0 Å². The van der Waals surface area contributed by atoms with Crippen LogP contribution in [0.3, 0.4) is 0 Å². The first-order valence-electron chi connectivity index (χ1n) is 5.10. The minimum absolute atomic E-state index is 1.18. The van der Waals surface area contributed by atoms with Crippen LogP contribution >= 0.6 is 38.5 Å². The molecule has 0 nitrogen and oxygen atoms in total. The minimum atomic E-state index is 1.18. The van der Waals surface area contributed by atoms with Gasteiger partial charge in [0.15, 0.2) is 0 Å². The molecule has 0 heterocycles. The summed E-state index contributed by atoms with van der Waals surface area (Å²) < 4.78 is 2.45. The van der Waals surface area contributed by atoms with Gasteiger partial charge in [-0.25, -0.2) is 0 Å². The van der Waals surface area contributed by atoms with Crippen molar-refractivity contribution in [2.45, 2.75) is 13.8 Å². The lowest BCUT2D eigenvalue weighted by Crippen LogP contribution is -1.86. The Morgan fingerprint density at radius 3 is 2.19 bits per heavy atom. The highest BCUT2D eigenvalue weighted by Crippen LogP contribution is 2.29. The van der Waals surface area contributed by atoms with Gasteiger partial charge in [-0.1, -0.05) is 34.1 Å².